The van der Waals surface area contributed by atoms with Crippen molar-refractivity contribution in [2.45, 2.75) is 55.2 Å². The minimum Gasteiger partial charge on any atom is -0.388 e. The van der Waals surface area contributed by atoms with E-state index < -0.39 is 35.4 Å². The first kappa shape index (κ1) is 18.7. The molecule has 1 fully saturated rings. The number of aryl methyl sites for hydroxylation is 1. The Kier molecular flexibility index (Phi) is 5.41. The number of fused-ring (bicyclic) bond motifs is 1. The number of benzene rings is 1. The van der Waals surface area contributed by atoms with Gasteiger partial charge in [0.2, 0.25) is 0 Å². The van der Waals surface area contributed by atoms with Gasteiger partial charge in [-0.15, -0.1) is 0 Å². The summed E-state index contributed by atoms with van der Waals surface area (Å²) < 4.78 is 5.99. The molecule has 7 heteroatoms. The third-order valence-electron chi connectivity index (χ3n) is 4.81. The van der Waals surface area contributed by atoms with Crippen molar-refractivity contribution in [3.8, 4) is 0 Å². The van der Waals surface area contributed by atoms with E-state index in [1.807, 2.05) is 49.3 Å². The molecule has 0 bridgehead atoms. The standard InChI is InChI=1S/C18H26N2O4S/c1-18(23,10-9-11-7-5-4-6-8-11)15-14(22)13(21)12-16(24-15)25-17(19-12)20(2)3/h4-8,12-16,21-23H,9-10H2,1-3H3/t12-,13-,14+,15+,16-,18+/m1/s1. The molecule has 0 aromatic heterocycles. The second-order valence-corrected chi connectivity index (χ2v) is 8.23. The van der Waals surface area contributed by atoms with Gasteiger partial charge in [-0.3, -0.25) is 4.99 Å². The van der Waals surface area contributed by atoms with Crippen molar-refractivity contribution >= 4 is 16.9 Å². The average Bonchev–Trinajstić information content (AvgIpc) is 3.02. The minimum absolute atomic E-state index is 0.399. The van der Waals surface area contributed by atoms with Crippen LogP contribution < -0.4 is 0 Å². The van der Waals surface area contributed by atoms with E-state index in [9.17, 15) is 15.3 Å². The summed E-state index contributed by atoms with van der Waals surface area (Å²) in [6.07, 6.45) is -2.02. The Labute approximate surface area is 152 Å². The van der Waals surface area contributed by atoms with E-state index >= 15 is 0 Å². The highest BCUT2D eigenvalue weighted by Crippen LogP contribution is 2.40. The van der Waals surface area contributed by atoms with Crippen molar-refractivity contribution in [3.63, 3.8) is 0 Å². The number of ether oxygens (including phenoxy) is 1. The Balaban J connectivity index is 1.70. The molecule has 3 N–H and O–H groups in total. The van der Waals surface area contributed by atoms with Gasteiger partial charge in [-0.25, -0.2) is 0 Å². The fourth-order valence-corrected chi connectivity index (χ4v) is 4.40. The zero-order chi connectivity index (χ0) is 18.2. The van der Waals surface area contributed by atoms with Crippen molar-refractivity contribution in [3.05, 3.63) is 35.9 Å². The Morgan fingerprint density at radius 3 is 2.52 bits per heavy atom. The summed E-state index contributed by atoms with van der Waals surface area (Å²) in [5, 5.41) is 32.7. The van der Waals surface area contributed by atoms with Gasteiger partial charge in [0.25, 0.3) is 0 Å². The lowest BCUT2D eigenvalue weighted by Gasteiger charge is -2.44. The number of aliphatic hydroxyl groups excluding tert-OH is 2. The highest BCUT2D eigenvalue weighted by molar-refractivity contribution is 8.14. The molecule has 2 aliphatic rings. The smallest absolute Gasteiger partial charge is 0.161 e. The quantitative estimate of drug-likeness (QED) is 0.733. The van der Waals surface area contributed by atoms with Crippen molar-refractivity contribution in [1.29, 1.82) is 0 Å². The summed E-state index contributed by atoms with van der Waals surface area (Å²) in [6.45, 7) is 1.66. The molecule has 1 aromatic carbocycles. The Hall–Kier alpha value is -1.12. The van der Waals surface area contributed by atoms with Gasteiger partial charge >= 0.3 is 0 Å². The molecule has 2 aliphatic heterocycles. The fraction of sp³-hybridized carbons (Fsp3) is 0.611. The highest BCUT2D eigenvalue weighted by Gasteiger charge is 2.53. The zero-order valence-electron chi connectivity index (χ0n) is 14.7. The number of hydrogen-bond donors (Lipinski definition) is 3. The summed E-state index contributed by atoms with van der Waals surface area (Å²) in [4.78, 5) is 6.30. The van der Waals surface area contributed by atoms with Crippen LogP contribution in [0.2, 0.25) is 0 Å². The van der Waals surface area contributed by atoms with Crippen LogP contribution in [0, 0.1) is 0 Å². The van der Waals surface area contributed by atoms with Gasteiger partial charge in [-0.05, 0) is 25.3 Å². The summed E-state index contributed by atoms with van der Waals surface area (Å²) >= 11 is 1.41. The summed E-state index contributed by atoms with van der Waals surface area (Å²) in [5.74, 6) is 0. The second-order valence-electron chi connectivity index (χ2n) is 7.16. The van der Waals surface area contributed by atoms with Gasteiger partial charge in [0.1, 0.15) is 29.8 Å². The van der Waals surface area contributed by atoms with Crippen molar-refractivity contribution < 1.29 is 20.1 Å². The molecule has 2 heterocycles. The van der Waals surface area contributed by atoms with E-state index in [1.54, 1.807) is 6.92 Å². The predicted octanol–water partition coefficient (Wildman–Crippen LogP) is 0.850. The van der Waals surface area contributed by atoms with E-state index in [0.717, 1.165) is 10.7 Å². The third-order valence-corrected chi connectivity index (χ3v) is 6.11. The van der Waals surface area contributed by atoms with Crippen LogP contribution in [0.15, 0.2) is 35.3 Å². The van der Waals surface area contributed by atoms with Crippen molar-refractivity contribution in [2.75, 3.05) is 14.1 Å². The number of aliphatic imine (C=N–C) groups is 1. The maximum atomic E-state index is 10.9. The number of hydrogen-bond acceptors (Lipinski definition) is 7. The van der Waals surface area contributed by atoms with Gasteiger partial charge in [0, 0.05) is 14.1 Å². The largest absolute Gasteiger partial charge is 0.388 e. The molecule has 6 nitrogen and oxygen atoms in total. The molecule has 1 aromatic rings. The molecular weight excluding hydrogens is 340 g/mol. The molecule has 0 radical (unpaired) electrons. The van der Waals surface area contributed by atoms with Gasteiger partial charge < -0.3 is 25.0 Å². The van der Waals surface area contributed by atoms with Crippen LogP contribution in [0.5, 0.6) is 0 Å². The first-order valence-electron chi connectivity index (χ1n) is 8.49. The molecule has 138 valence electrons. The number of aliphatic hydroxyl groups is 3. The molecule has 0 aliphatic carbocycles. The van der Waals surface area contributed by atoms with Gasteiger partial charge in [-0.2, -0.15) is 0 Å². The maximum absolute atomic E-state index is 10.9. The van der Waals surface area contributed by atoms with E-state index in [1.165, 1.54) is 11.8 Å². The molecule has 6 atom stereocenters. The molecule has 0 spiro atoms. The molecular formula is C18H26N2O4S. The minimum atomic E-state index is -1.26. The van der Waals surface area contributed by atoms with Crippen LogP contribution in [0.3, 0.4) is 0 Å². The second kappa shape index (κ2) is 7.25. The summed E-state index contributed by atoms with van der Waals surface area (Å²) in [7, 11) is 3.75. The zero-order valence-corrected chi connectivity index (χ0v) is 15.6. The van der Waals surface area contributed by atoms with Gasteiger partial charge in [-0.1, -0.05) is 42.1 Å². The first-order chi connectivity index (χ1) is 11.8. The van der Waals surface area contributed by atoms with Gasteiger partial charge in [0.15, 0.2) is 5.17 Å². The van der Waals surface area contributed by atoms with E-state index in [2.05, 4.69) is 4.99 Å². The highest BCUT2D eigenvalue weighted by atomic mass is 32.2. The Bertz CT molecular complexity index is 623. The SMILES string of the molecule is CN(C)C1=N[C@@H]2[C@@H](O)[C@H](O)[C@@H]([C@@](C)(O)CCc3ccccc3)O[C@@H]2S1. The number of nitrogens with zero attached hydrogens (tertiary/aromatic N) is 2. The molecule has 0 unspecified atom stereocenters. The van der Waals surface area contributed by atoms with E-state index in [4.69, 9.17) is 4.74 Å². The maximum Gasteiger partial charge on any atom is 0.161 e. The van der Waals surface area contributed by atoms with Crippen molar-refractivity contribution in [2.24, 2.45) is 4.99 Å². The van der Waals surface area contributed by atoms with Crippen LogP contribution in [-0.2, 0) is 11.2 Å². The monoisotopic (exact) mass is 366 g/mol. The molecule has 25 heavy (non-hydrogen) atoms. The molecule has 0 saturated carbocycles. The lowest BCUT2D eigenvalue weighted by Crippen LogP contribution is -2.62. The topological polar surface area (TPSA) is 85.5 Å². The van der Waals surface area contributed by atoms with Crippen LogP contribution >= 0.6 is 11.8 Å². The molecule has 0 amide bonds. The Morgan fingerprint density at radius 2 is 1.88 bits per heavy atom. The van der Waals surface area contributed by atoms with Crippen molar-refractivity contribution in [1.82, 2.24) is 4.90 Å². The van der Waals surface area contributed by atoms with E-state index in [0.29, 0.717) is 12.8 Å². The third kappa shape index (κ3) is 3.85. The molecule has 3 rings (SSSR count). The lowest BCUT2D eigenvalue weighted by molar-refractivity contribution is -0.214. The van der Waals surface area contributed by atoms with Gasteiger partial charge in [0.05, 0.1) is 5.60 Å². The summed E-state index contributed by atoms with van der Waals surface area (Å²) in [6, 6.07) is 9.36. The summed E-state index contributed by atoms with van der Waals surface area (Å²) in [5.41, 5.74) is -0.549. The van der Waals surface area contributed by atoms with Crippen LogP contribution in [0.25, 0.3) is 0 Å². The van der Waals surface area contributed by atoms with E-state index in [-0.39, 0.29) is 0 Å². The Morgan fingerprint density at radius 1 is 1.20 bits per heavy atom. The normalized spacial score (nSPS) is 34.2. The van der Waals surface area contributed by atoms with Crippen LogP contribution in [-0.4, -0.2) is 74.9 Å². The first-order valence-corrected chi connectivity index (χ1v) is 9.37. The van der Waals surface area contributed by atoms with Crippen LogP contribution in [0.1, 0.15) is 18.9 Å². The number of rotatable bonds is 4. The molecule has 1 saturated heterocycles. The number of amidine groups is 1. The fourth-order valence-electron chi connectivity index (χ4n) is 3.26. The predicted molar refractivity (Wildman–Crippen MR) is 98.6 cm³/mol. The van der Waals surface area contributed by atoms with Crippen LogP contribution in [0.4, 0.5) is 0 Å². The number of thioether (sulfide) groups is 1. The lowest BCUT2D eigenvalue weighted by atomic mass is 9.83. The average molecular weight is 366 g/mol.